The summed E-state index contributed by atoms with van der Waals surface area (Å²) in [6.45, 7) is 6.69. The fourth-order valence-corrected chi connectivity index (χ4v) is 3.54. The van der Waals surface area contributed by atoms with Gasteiger partial charge in [-0.1, -0.05) is 20.8 Å². The maximum Gasteiger partial charge on any atom is 0.251 e. The highest BCUT2D eigenvalue weighted by Crippen LogP contribution is 2.16. The van der Waals surface area contributed by atoms with Crippen molar-refractivity contribution >= 4 is 21.8 Å². The summed E-state index contributed by atoms with van der Waals surface area (Å²) in [5, 5.41) is 5.16. The lowest BCUT2D eigenvalue weighted by Crippen LogP contribution is -2.37. The Morgan fingerprint density at radius 1 is 1.00 bits per heavy atom. The monoisotopic (exact) mass is 355 g/mol. The van der Waals surface area contributed by atoms with E-state index in [0.717, 1.165) is 6.42 Å². The molecule has 2 N–H and O–H groups in total. The first-order chi connectivity index (χ1) is 11.4. The van der Waals surface area contributed by atoms with Crippen molar-refractivity contribution in [3.05, 3.63) is 29.8 Å². The summed E-state index contributed by atoms with van der Waals surface area (Å²) in [5.41, 5.74) is 0.303. The van der Waals surface area contributed by atoms with Crippen molar-refractivity contribution in [2.45, 2.75) is 32.1 Å². The minimum absolute atomic E-state index is 0.113. The van der Waals surface area contributed by atoms with Gasteiger partial charge in [-0.3, -0.25) is 9.59 Å². The van der Waals surface area contributed by atoms with Gasteiger partial charge in [0, 0.05) is 25.2 Å². The Morgan fingerprint density at radius 3 is 2.08 bits per heavy atom. The van der Waals surface area contributed by atoms with E-state index in [4.69, 9.17) is 0 Å². The molecule has 0 aliphatic heterocycles. The Balaban J connectivity index is 2.73. The molecule has 0 saturated heterocycles. The van der Waals surface area contributed by atoms with Gasteiger partial charge in [0.25, 0.3) is 5.91 Å². The Kier molecular flexibility index (Phi) is 7.87. The fraction of sp³-hybridized carbons (Fsp3) is 0.500. The predicted molar refractivity (Wildman–Crippen MR) is 92.2 cm³/mol. The standard InChI is InChI=1S/C16H25N3O4S/c1-4-11-17-15(20)12-18-16(21)13-7-9-14(10-8-13)24(22,23)19(5-2)6-3/h7-10H,4-6,11-12H2,1-3H3,(H,17,20)(H,18,21). The van der Waals surface area contributed by atoms with Gasteiger partial charge >= 0.3 is 0 Å². The molecule has 8 heteroatoms. The lowest BCUT2D eigenvalue weighted by molar-refractivity contribution is -0.120. The minimum Gasteiger partial charge on any atom is -0.355 e. The number of nitrogens with zero attached hydrogens (tertiary/aromatic N) is 1. The lowest BCUT2D eigenvalue weighted by Gasteiger charge is -2.18. The first-order valence-corrected chi connectivity index (χ1v) is 9.45. The molecule has 0 aromatic heterocycles. The highest BCUT2D eigenvalue weighted by molar-refractivity contribution is 7.89. The van der Waals surface area contributed by atoms with Crippen molar-refractivity contribution in [1.82, 2.24) is 14.9 Å². The average Bonchev–Trinajstić information content (AvgIpc) is 2.58. The zero-order valence-electron chi connectivity index (χ0n) is 14.3. The molecule has 0 heterocycles. The van der Waals surface area contributed by atoms with Crippen LogP contribution < -0.4 is 10.6 Å². The molecular weight excluding hydrogens is 330 g/mol. The summed E-state index contributed by atoms with van der Waals surface area (Å²) in [6.07, 6.45) is 0.822. The van der Waals surface area contributed by atoms with Crippen LogP contribution in [0.5, 0.6) is 0 Å². The molecule has 0 aliphatic rings. The van der Waals surface area contributed by atoms with Gasteiger partial charge in [0.2, 0.25) is 15.9 Å². The number of benzene rings is 1. The summed E-state index contributed by atoms with van der Waals surface area (Å²) >= 11 is 0. The van der Waals surface area contributed by atoms with Crippen LogP contribution in [0.3, 0.4) is 0 Å². The van der Waals surface area contributed by atoms with E-state index in [1.807, 2.05) is 6.92 Å². The van der Waals surface area contributed by atoms with Gasteiger partial charge in [-0.05, 0) is 30.7 Å². The number of hydrogen-bond acceptors (Lipinski definition) is 4. The molecule has 2 amide bonds. The normalized spacial score (nSPS) is 11.3. The molecule has 1 aromatic carbocycles. The average molecular weight is 355 g/mol. The van der Waals surface area contributed by atoms with Crippen LogP contribution in [0.2, 0.25) is 0 Å². The molecule has 0 spiro atoms. The number of nitrogens with one attached hydrogen (secondary N) is 2. The Morgan fingerprint density at radius 2 is 1.58 bits per heavy atom. The smallest absolute Gasteiger partial charge is 0.251 e. The van der Waals surface area contributed by atoms with Crippen molar-refractivity contribution in [3.8, 4) is 0 Å². The number of rotatable bonds is 9. The molecule has 0 unspecified atom stereocenters. The van der Waals surface area contributed by atoms with Gasteiger partial charge in [0.15, 0.2) is 0 Å². The van der Waals surface area contributed by atoms with Crippen molar-refractivity contribution < 1.29 is 18.0 Å². The zero-order valence-corrected chi connectivity index (χ0v) is 15.1. The van der Waals surface area contributed by atoms with Gasteiger partial charge in [-0.15, -0.1) is 0 Å². The van der Waals surface area contributed by atoms with E-state index in [1.165, 1.54) is 28.6 Å². The van der Waals surface area contributed by atoms with Crippen LogP contribution in [0.4, 0.5) is 0 Å². The van der Waals surface area contributed by atoms with Crippen LogP contribution in [0.1, 0.15) is 37.6 Å². The van der Waals surface area contributed by atoms with E-state index in [9.17, 15) is 18.0 Å². The second-order valence-electron chi connectivity index (χ2n) is 5.15. The number of carbonyl (C=O) groups excluding carboxylic acids is 2. The molecule has 0 saturated carbocycles. The third-order valence-corrected chi connectivity index (χ3v) is 5.51. The van der Waals surface area contributed by atoms with Crippen molar-refractivity contribution in [3.63, 3.8) is 0 Å². The van der Waals surface area contributed by atoms with Crippen LogP contribution in [0.15, 0.2) is 29.2 Å². The maximum absolute atomic E-state index is 12.4. The topological polar surface area (TPSA) is 95.6 Å². The third kappa shape index (κ3) is 5.31. The molecule has 24 heavy (non-hydrogen) atoms. The second-order valence-corrected chi connectivity index (χ2v) is 7.08. The van der Waals surface area contributed by atoms with Gasteiger partial charge in [-0.25, -0.2) is 8.42 Å². The SMILES string of the molecule is CCCNC(=O)CNC(=O)c1ccc(S(=O)(=O)N(CC)CC)cc1. The minimum atomic E-state index is -3.54. The van der Waals surface area contributed by atoms with E-state index < -0.39 is 15.9 Å². The number of amides is 2. The Bertz CT molecular complexity index is 652. The van der Waals surface area contributed by atoms with Crippen molar-refractivity contribution in [1.29, 1.82) is 0 Å². The second kappa shape index (κ2) is 9.39. The number of sulfonamides is 1. The van der Waals surface area contributed by atoms with Crippen LogP contribution in [0, 0.1) is 0 Å². The molecular formula is C16H25N3O4S. The lowest BCUT2D eigenvalue weighted by atomic mass is 10.2. The summed E-state index contributed by atoms with van der Waals surface area (Å²) in [5.74, 6) is -0.681. The fourth-order valence-electron chi connectivity index (χ4n) is 2.08. The van der Waals surface area contributed by atoms with Gasteiger partial charge in [0.1, 0.15) is 0 Å². The van der Waals surface area contributed by atoms with E-state index in [-0.39, 0.29) is 17.3 Å². The first kappa shape index (κ1) is 20.1. The van der Waals surface area contributed by atoms with Gasteiger partial charge in [-0.2, -0.15) is 4.31 Å². The molecule has 7 nitrogen and oxygen atoms in total. The maximum atomic E-state index is 12.4. The molecule has 1 rings (SSSR count). The quantitative estimate of drug-likeness (QED) is 0.690. The zero-order chi connectivity index (χ0) is 18.2. The van der Waals surface area contributed by atoms with E-state index in [0.29, 0.717) is 25.2 Å². The van der Waals surface area contributed by atoms with Gasteiger partial charge in [0.05, 0.1) is 11.4 Å². The van der Waals surface area contributed by atoms with Crippen LogP contribution in [0.25, 0.3) is 0 Å². The van der Waals surface area contributed by atoms with Crippen LogP contribution in [-0.2, 0) is 14.8 Å². The summed E-state index contributed by atoms with van der Waals surface area (Å²) in [6, 6.07) is 5.69. The number of carbonyl (C=O) groups is 2. The molecule has 0 radical (unpaired) electrons. The molecule has 134 valence electrons. The van der Waals surface area contributed by atoms with E-state index in [2.05, 4.69) is 10.6 Å². The first-order valence-electron chi connectivity index (χ1n) is 8.01. The van der Waals surface area contributed by atoms with Crippen molar-refractivity contribution in [2.75, 3.05) is 26.2 Å². The molecule has 0 atom stereocenters. The largest absolute Gasteiger partial charge is 0.355 e. The Labute approximate surface area is 143 Å². The molecule has 0 bridgehead atoms. The highest BCUT2D eigenvalue weighted by atomic mass is 32.2. The highest BCUT2D eigenvalue weighted by Gasteiger charge is 2.21. The van der Waals surface area contributed by atoms with Crippen LogP contribution in [-0.4, -0.2) is 50.7 Å². The Hall–Kier alpha value is -1.93. The summed E-state index contributed by atoms with van der Waals surface area (Å²) < 4.78 is 26.1. The third-order valence-electron chi connectivity index (χ3n) is 3.44. The van der Waals surface area contributed by atoms with E-state index in [1.54, 1.807) is 13.8 Å². The number of hydrogen-bond donors (Lipinski definition) is 2. The van der Waals surface area contributed by atoms with Crippen molar-refractivity contribution in [2.24, 2.45) is 0 Å². The predicted octanol–water partition coefficient (Wildman–Crippen LogP) is 0.973. The summed E-state index contributed by atoms with van der Waals surface area (Å²) in [4.78, 5) is 23.6. The van der Waals surface area contributed by atoms with E-state index >= 15 is 0 Å². The summed E-state index contributed by atoms with van der Waals surface area (Å²) in [7, 11) is -3.54. The molecule has 0 aliphatic carbocycles. The van der Waals surface area contributed by atoms with Gasteiger partial charge < -0.3 is 10.6 Å². The molecule has 1 aromatic rings. The molecule has 0 fully saturated rings. The van der Waals surface area contributed by atoms with Crippen LogP contribution >= 0.6 is 0 Å².